The van der Waals surface area contributed by atoms with Crippen LogP contribution in [-0.2, 0) is 6.18 Å². The number of benzene rings is 1. The number of hydrogen-bond donors (Lipinski definition) is 2. The normalized spacial score (nSPS) is 11.6. The summed E-state index contributed by atoms with van der Waals surface area (Å²) in [6.07, 6.45) is -4.45. The molecule has 0 radical (unpaired) electrons. The first-order valence-electron chi connectivity index (χ1n) is 6.11. The van der Waals surface area contributed by atoms with Crippen molar-refractivity contribution in [2.45, 2.75) is 26.1 Å². The Bertz CT molecular complexity index is 461. The molecule has 1 aromatic carbocycles. The van der Waals surface area contributed by atoms with Crippen LogP contribution < -0.4 is 5.32 Å². The van der Waals surface area contributed by atoms with E-state index in [1.54, 1.807) is 13.8 Å². The Morgan fingerprint density at radius 1 is 1.40 bits per heavy atom. The van der Waals surface area contributed by atoms with Gasteiger partial charge in [0, 0.05) is 18.3 Å². The average molecular weight is 290 g/mol. The van der Waals surface area contributed by atoms with Gasteiger partial charge in [0.05, 0.1) is 12.2 Å². The molecule has 2 amide bonds. The number of anilines is 1. The Balaban J connectivity index is 2.85. The molecule has 0 spiro atoms. The van der Waals surface area contributed by atoms with Crippen LogP contribution in [0.5, 0.6) is 0 Å². The molecule has 112 valence electrons. The van der Waals surface area contributed by atoms with Crippen LogP contribution in [-0.4, -0.2) is 35.2 Å². The van der Waals surface area contributed by atoms with Gasteiger partial charge in [0.1, 0.15) is 0 Å². The van der Waals surface area contributed by atoms with E-state index in [9.17, 15) is 18.0 Å². The van der Waals surface area contributed by atoms with Crippen molar-refractivity contribution in [1.82, 2.24) is 4.90 Å². The van der Waals surface area contributed by atoms with Gasteiger partial charge in [-0.05, 0) is 32.0 Å². The molecule has 0 unspecified atom stereocenters. The summed E-state index contributed by atoms with van der Waals surface area (Å²) in [5, 5.41) is 11.3. The second kappa shape index (κ2) is 6.60. The number of nitrogens with zero attached hydrogens (tertiary/aromatic N) is 1. The number of carbonyl (C=O) groups is 1. The molecule has 0 atom stereocenters. The molecule has 2 N–H and O–H groups in total. The Morgan fingerprint density at radius 2 is 2.05 bits per heavy atom. The van der Waals surface area contributed by atoms with Crippen LogP contribution in [0.25, 0.3) is 0 Å². The second-order valence-electron chi connectivity index (χ2n) is 4.52. The second-order valence-corrected chi connectivity index (χ2v) is 4.52. The third-order valence-corrected chi connectivity index (χ3v) is 2.67. The third kappa shape index (κ3) is 4.41. The Kier molecular flexibility index (Phi) is 5.38. The van der Waals surface area contributed by atoms with Gasteiger partial charge in [0.25, 0.3) is 0 Å². The maximum absolute atomic E-state index is 12.6. The van der Waals surface area contributed by atoms with E-state index in [0.29, 0.717) is 0 Å². The summed E-state index contributed by atoms with van der Waals surface area (Å²) in [5.41, 5.74) is -0.762. The van der Waals surface area contributed by atoms with Crippen LogP contribution in [0.3, 0.4) is 0 Å². The maximum Gasteiger partial charge on any atom is 0.416 e. The summed E-state index contributed by atoms with van der Waals surface area (Å²) in [6.45, 7) is 3.40. The SMILES string of the molecule is CC(C)N(CCO)C(=O)Nc1cccc(C(F)(F)F)c1. The van der Waals surface area contributed by atoms with Crippen molar-refractivity contribution in [3.05, 3.63) is 29.8 Å². The van der Waals surface area contributed by atoms with Gasteiger partial charge in [-0.3, -0.25) is 0 Å². The zero-order valence-electron chi connectivity index (χ0n) is 11.2. The average Bonchev–Trinajstić information content (AvgIpc) is 2.34. The molecule has 0 heterocycles. The first-order valence-corrected chi connectivity index (χ1v) is 6.11. The Morgan fingerprint density at radius 3 is 2.55 bits per heavy atom. The van der Waals surface area contributed by atoms with E-state index < -0.39 is 17.8 Å². The largest absolute Gasteiger partial charge is 0.416 e. The predicted molar refractivity (Wildman–Crippen MR) is 69.4 cm³/mol. The number of aliphatic hydroxyl groups is 1. The van der Waals surface area contributed by atoms with E-state index in [4.69, 9.17) is 5.11 Å². The summed E-state index contributed by atoms with van der Waals surface area (Å²) in [6, 6.07) is 3.69. The van der Waals surface area contributed by atoms with E-state index >= 15 is 0 Å². The highest BCUT2D eigenvalue weighted by molar-refractivity contribution is 5.89. The van der Waals surface area contributed by atoms with Crippen molar-refractivity contribution in [3.63, 3.8) is 0 Å². The Hall–Kier alpha value is -1.76. The topological polar surface area (TPSA) is 52.6 Å². The summed E-state index contributed by atoms with van der Waals surface area (Å²) < 4.78 is 37.7. The molecular formula is C13H17F3N2O2. The molecule has 0 saturated heterocycles. The molecule has 1 rings (SSSR count). The highest BCUT2D eigenvalue weighted by Gasteiger charge is 2.30. The van der Waals surface area contributed by atoms with E-state index in [2.05, 4.69) is 5.32 Å². The lowest BCUT2D eigenvalue weighted by molar-refractivity contribution is -0.137. The molecule has 0 aliphatic heterocycles. The van der Waals surface area contributed by atoms with Gasteiger partial charge < -0.3 is 15.3 Å². The van der Waals surface area contributed by atoms with Gasteiger partial charge in [0.15, 0.2) is 0 Å². The first-order chi connectivity index (χ1) is 9.25. The minimum absolute atomic E-state index is 0.0633. The molecular weight excluding hydrogens is 273 g/mol. The molecule has 1 aromatic rings. The van der Waals surface area contributed by atoms with Gasteiger partial charge in [0.2, 0.25) is 0 Å². The van der Waals surface area contributed by atoms with Crippen LogP contribution in [0.15, 0.2) is 24.3 Å². The number of carbonyl (C=O) groups excluding carboxylic acids is 1. The molecule has 0 fully saturated rings. The lowest BCUT2D eigenvalue weighted by atomic mass is 10.2. The molecule has 7 heteroatoms. The maximum atomic E-state index is 12.6. The van der Waals surface area contributed by atoms with Gasteiger partial charge in [-0.1, -0.05) is 6.07 Å². The lowest BCUT2D eigenvalue weighted by Crippen LogP contribution is -2.41. The van der Waals surface area contributed by atoms with Crippen molar-refractivity contribution >= 4 is 11.7 Å². The Labute approximate surface area is 115 Å². The van der Waals surface area contributed by atoms with Crippen molar-refractivity contribution < 1.29 is 23.1 Å². The quantitative estimate of drug-likeness (QED) is 0.895. The van der Waals surface area contributed by atoms with Crippen LogP contribution in [0.1, 0.15) is 19.4 Å². The standard InChI is InChI=1S/C13H17F3N2O2/c1-9(2)18(6-7-19)12(20)17-11-5-3-4-10(8-11)13(14,15)16/h3-5,8-9,19H,6-7H2,1-2H3,(H,17,20). The fraction of sp³-hybridized carbons (Fsp3) is 0.462. The van der Waals surface area contributed by atoms with Crippen molar-refractivity contribution in [1.29, 1.82) is 0 Å². The number of amides is 2. The zero-order valence-corrected chi connectivity index (χ0v) is 11.2. The highest BCUT2D eigenvalue weighted by atomic mass is 19.4. The van der Waals surface area contributed by atoms with Crippen LogP contribution >= 0.6 is 0 Å². The number of halogens is 3. The summed E-state index contributed by atoms with van der Waals surface area (Å²) in [5.74, 6) is 0. The van der Waals surface area contributed by atoms with Gasteiger partial charge >= 0.3 is 12.2 Å². The summed E-state index contributed by atoms with van der Waals surface area (Å²) in [7, 11) is 0. The van der Waals surface area contributed by atoms with E-state index in [1.807, 2.05) is 0 Å². The van der Waals surface area contributed by atoms with E-state index in [1.165, 1.54) is 17.0 Å². The van der Waals surface area contributed by atoms with Crippen LogP contribution in [0, 0.1) is 0 Å². The fourth-order valence-corrected chi connectivity index (χ4v) is 1.67. The van der Waals surface area contributed by atoms with E-state index in [-0.39, 0.29) is 24.9 Å². The minimum atomic E-state index is -4.45. The first kappa shape index (κ1) is 16.3. The minimum Gasteiger partial charge on any atom is -0.395 e. The molecule has 0 aliphatic rings. The molecule has 0 bridgehead atoms. The van der Waals surface area contributed by atoms with E-state index in [0.717, 1.165) is 12.1 Å². The third-order valence-electron chi connectivity index (χ3n) is 2.67. The number of rotatable bonds is 4. The number of hydrogen-bond acceptors (Lipinski definition) is 2. The monoisotopic (exact) mass is 290 g/mol. The number of nitrogens with one attached hydrogen (secondary N) is 1. The van der Waals surface area contributed by atoms with Crippen molar-refractivity contribution in [2.75, 3.05) is 18.5 Å². The smallest absolute Gasteiger partial charge is 0.395 e. The predicted octanol–water partition coefficient (Wildman–Crippen LogP) is 2.94. The summed E-state index contributed by atoms with van der Waals surface area (Å²) >= 11 is 0. The van der Waals surface area contributed by atoms with Crippen LogP contribution in [0.2, 0.25) is 0 Å². The number of aliphatic hydroxyl groups excluding tert-OH is 1. The molecule has 0 aromatic heterocycles. The van der Waals surface area contributed by atoms with Gasteiger partial charge in [-0.25, -0.2) is 4.79 Å². The van der Waals surface area contributed by atoms with Crippen molar-refractivity contribution in [3.8, 4) is 0 Å². The van der Waals surface area contributed by atoms with Gasteiger partial charge in [-0.2, -0.15) is 13.2 Å². The summed E-state index contributed by atoms with van der Waals surface area (Å²) in [4.78, 5) is 13.3. The lowest BCUT2D eigenvalue weighted by Gasteiger charge is -2.26. The molecule has 4 nitrogen and oxygen atoms in total. The highest BCUT2D eigenvalue weighted by Crippen LogP contribution is 2.30. The molecule has 20 heavy (non-hydrogen) atoms. The van der Waals surface area contributed by atoms with Crippen molar-refractivity contribution in [2.24, 2.45) is 0 Å². The van der Waals surface area contributed by atoms with Crippen LogP contribution in [0.4, 0.5) is 23.7 Å². The number of urea groups is 1. The molecule has 0 aliphatic carbocycles. The fourth-order valence-electron chi connectivity index (χ4n) is 1.67. The zero-order chi connectivity index (χ0) is 15.3. The molecule has 0 saturated carbocycles. The van der Waals surface area contributed by atoms with Gasteiger partial charge in [-0.15, -0.1) is 0 Å². The number of alkyl halides is 3.